The Hall–Kier alpha value is -1.27. The summed E-state index contributed by atoms with van der Waals surface area (Å²) in [5.74, 6) is 2.94. The Morgan fingerprint density at radius 1 is 1.50 bits per heavy atom. The number of thioether (sulfide) groups is 1. The highest BCUT2D eigenvalue weighted by Crippen LogP contribution is 2.16. The Bertz CT molecular complexity index is 454. The molecule has 1 aromatic rings. The average Bonchev–Trinajstić information content (AvgIpc) is 2.90. The molecule has 6 heteroatoms. The second kappa shape index (κ2) is 6.61. The van der Waals surface area contributed by atoms with Gasteiger partial charge in [0.05, 0.1) is 7.11 Å². The Kier molecular flexibility index (Phi) is 4.83. The lowest BCUT2D eigenvalue weighted by atomic mass is 10.3. The molecule has 1 fully saturated rings. The van der Waals surface area contributed by atoms with Gasteiger partial charge in [-0.3, -0.25) is 5.43 Å². The molecule has 1 aliphatic rings. The predicted octanol–water partition coefficient (Wildman–Crippen LogP) is 2.47. The van der Waals surface area contributed by atoms with Gasteiger partial charge in [-0.25, -0.2) is 0 Å². The number of hydrogen-bond acceptors (Lipinski definition) is 4. The quantitative estimate of drug-likeness (QED) is 0.658. The minimum Gasteiger partial charge on any atom is -0.497 e. The second-order valence-corrected chi connectivity index (χ2v) is 5.29. The van der Waals surface area contributed by atoms with E-state index in [1.165, 1.54) is 0 Å². The lowest BCUT2D eigenvalue weighted by Crippen LogP contribution is -2.25. The van der Waals surface area contributed by atoms with Gasteiger partial charge in [-0.2, -0.15) is 16.9 Å². The number of anilines is 1. The monoisotopic (exact) mass is 281 g/mol. The van der Waals surface area contributed by atoms with Gasteiger partial charge in [0.1, 0.15) is 5.75 Å². The van der Waals surface area contributed by atoms with E-state index in [1.54, 1.807) is 7.11 Å². The minimum absolute atomic E-state index is 0.493. The first kappa shape index (κ1) is 13.2. The molecule has 0 bridgehead atoms. The Morgan fingerprint density at radius 2 is 2.39 bits per heavy atom. The van der Waals surface area contributed by atoms with E-state index in [1.807, 2.05) is 36.0 Å². The second-order valence-electron chi connectivity index (χ2n) is 3.78. The van der Waals surface area contributed by atoms with Crippen molar-refractivity contribution < 1.29 is 4.74 Å². The summed E-state index contributed by atoms with van der Waals surface area (Å²) in [5.41, 5.74) is 4.91. The van der Waals surface area contributed by atoms with E-state index >= 15 is 0 Å². The Morgan fingerprint density at radius 3 is 3.11 bits per heavy atom. The van der Waals surface area contributed by atoms with Crippen LogP contribution in [0.15, 0.2) is 29.4 Å². The van der Waals surface area contributed by atoms with Crippen molar-refractivity contribution in [1.29, 1.82) is 0 Å². The molecule has 96 valence electrons. The van der Waals surface area contributed by atoms with Crippen LogP contribution in [0.2, 0.25) is 0 Å². The summed E-state index contributed by atoms with van der Waals surface area (Å²) in [6.07, 6.45) is 1.04. The summed E-state index contributed by atoms with van der Waals surface area (Å²) >= 11 is 7.06. The molecule has 1 aromatic carbocycles. The van der Waals surface area contributed by atoms with E-state index in [0.29, 0.717) is 5.11 Å². The van der Waals surface area contributed by atoms with Crippen LogP contribution in [0, 0.1) is 0 Å². The fourth-order valence-electron chi connectivity index (χ4n) is 1.53. The summed E-state index contributed by atoms with van der Waals surface area (Å²) in [6, 6.07) is 7.60. The summed E-state index contributed by atoms with van der Waals surface area (Å²) in [5, 5.41) is 7.83. The molecular formula is C12H15N3OS2. The van der Waals surface area contributed by atoms with Crippen LogP contribution in [0.4, 0.5) is 5.69 Å². The molecule has 0 amide bonds. The van der Waals surface area contributed by atoms with Crippen molar-refractivity contribution in [3.05, 3.63) is 24.3 Å². The van der Waals surface area contributed by atoms with Crippen LogP contribution in [0.25, 0.3) is 0 Å². The fourth-order valence-corrected chi connectivity index (χ4v) is 2.66. The number of methoxy groups -OCH3 is 1. The van der Waals surface area contributed by atoms with Gasteiger partial charge in [0, 0.05) is 23.2 Å². The molecule has 0 aromatic heterocycles. The number of hydrazone groups is 1. The van der Waals surface area contributed by atoms with E-state index in [2.05, 4.69) is 15.8 Å². The molecule has 2 N–H and O–H groups in total. The highest BCUT2D eigenvalue weighted by atomic mass is 32.2. The van der Waals surface area contributed by atoms with Crippen LogP contribution >= 0.6 is 24.0 Å². The van der Waals surface area contributed by atoms with Crippen LogP contribution in [-0.2, 0) is 0 Å². The van der Waals surface area contributed by atoms with Gasteiger partial charge < -0.3 is 10.1 Å². The van der Waals surface area contributed by atoms with Gasteiger partial charge >= 0.3 is 0 Å². The number of ether oxygens (including phenoxy) is 1. The molecule has 4 nitrogen and oxygen atoms in total. The maximum Gasteiger partial charge on any atom is 0.191 e. The van der Waals surface area contributed by atoms with Crippen molar-refractivity contribution in [3.63, 3.8) is 0 Å². The molecular weight excluding hydrogens is 266 g/mol. The largest absolute Gasteiger partial charge is 0.497 e. The first-order valence-electron chi connectivity index (χ1n) is 5.62. The van der Waals surface area contributed by atoms with E-state index < -0.39 is 0 Å². The van der Waals surface area contributed by atoms with Gasteiger partial charge in [-0.15, -0.1) is 0 Å². The molecule has 1 aliphatic heterocycles. The van der Waals surface area contributed by atoms with Gasteiger partial charge in [0.15, 0.2) is 5.11 Å². The van der Waals surface area contributed by atoms with Gasteiger partial charge in [-0.05, 0) is 36.5 Å². The minimum atomic E-state index is 0.493. The zero-order valence-electron chi connectivity index (χ0n) is 10.1. The van der Waals surface area contributed by atoms with Gasteiger partial charge in [0.2, 0.25) is 0 Å². The Balaban J connectivity index is 1.88. The summed E-state index contributed by atoms with van der Waals surface area (Å²) in [6.45, 7) is 0. The number of nitrogens with one attached hydrogen (secondary N) is 2. The highest BCUT2D eigenvalue weighted by Gasteiger charge is 2.08. The van der Waals surface area contributed by atoms with E-state index in [0.717, 1.165) is 35.1 Å². The Labute approximate surface area is 116 Å². The molecule has 0 atom stereocenters. The van der Waals surface area contributed by atoms with Crippen LogP contribution in [0.1, 0.15) is 6.42 Å². The summed E-state index contributed by atoms with van der Waals surface area (Å²) in [7, 11) is 1.64. The summed E-state index contributed by atoms with van der Waals surface area (Å²) < 4.78 is 5.14. The van der Waals surface area contributed by atoms with Crippen molar-refractivity contribution in [2.45, 2.75) is 6.42 Å². The van der Waals surface area contributed by atoms with Crippen molar-refractivity contribution >= 4 is 40.5 Å². The third-order valence-corrected chi connectivity index (χ3v) is 3.67. The molecule has 0 spiro atoms. The number of nitrogens with zero attached hydrogens (tertiary/aromatic N) is 1. The third-order valence-electron chi connectivity index (χ3n) is 2.45. The number of benzene rings is 1. The smallest absolute Gasteiger partial charge is 0.191 e. The lowest BCUT2D eigenvalue weighted by molar-refractivity contribution is 0.415. The van der Waals surface area contributed by atoms with Crippen LogP contribution in [-0.4, -0.2) is 29.4 Å². The molecule has 0 saturated carbocycles. The van der Waals surface area contributed by atoms with Crippen LogP contribution < -0.4 is 15.5 Å². The zero-order chi connectivity index (χ0) is 12.8. The zero-order valence-corrected chi connectivity index (χ0v) is 11.7. The lowest BCUT2D eigenvalue weighted by Gasteiger charge is -2.08. The standard InChI is InChI=1S/C12H15N3OS2/c1-16-11-4-2-3-9(7-11)13-12(17)15-14-10-5-6-18-8-10/h2-4,7H,5-6,8H2,1H3,(H2,13,15,17)/b14-10+. The SMILES string of the molecule is COc1cccc(NC(=S)N/N=C2\CCSC2)c1. The van der Waals surface area contributed by atoms with Crippen molar-refractivity contribution in [3.8, 4) is 5.75 Å². The van der Waals surface area contributed by atoms with Crippen LogP contribution in [0.5, 0.6) is 5.75 Å². The molecule has 0 unspecified atom stereocenters. The molecule has 0 aliphatic carbocycles. The predicted molar refractivity (Wildman–Crippen MR) is 81.7 cm³/mol. The van der Waals surface area contributed by atoms with Gasteiger partial charge in [0.25, 0.3) is 0 Å². The average molecular weight is 281 g/mol. The van der Waals surface area contributed by atoms with Crippen molar-refractivity contribution in [1.82, 2.24) is 5.43 Å². The number of thiocarbonyl (C=S) groups is 1. The first-order valence-corrected chi connectivity index (χ1v) is 7.18. The molecule has 1 heterocycles. The topological polar surface area (TPSA) is 45.6 Å². The maximum atomic E-state index is 5.17. The molecule has 1 saturated heterocycles. The fraction of sp³-hybridized carbons (Fsp3) is 0.333. The van der Waals surface area contributed by atoms with E-state index in [4.69, 9.17) is 17.0 Å². The number of rotatable bonds is 3. The van der Waals surface area contributed by atoms with Crippen molar-refractivity contribution in [2.24, 2.45) is 5.10 Å². The number of hydrogen-bond donors (Lipinski definition) is 2. The van der Waals surface area contributed by atoms with Crippen LogP contribution in [0.3, 0.4) is 0 Å². The third kappa shape index (κ3) is 3.89. The van der Waals surface area contributed by atoms with Crippen molar-refractivity contribution in [2.75, 3.05) is 23.9 Å². The first-order chi connectivity index (χ1) is 8.78. The molecule has 18 heavy (non-hydrogen) atoms. The molecule has 2 rings (SSSR count). The highest BCUT2D eigenvalue weighted by molar-refractivity contribution is 8.00. The maximum absolute atomic E-state index is 5.17. The molecule has 0 radical (unpaired) electrons. The van der Waals surface area contributed by atoms with E-state index in [9.17, 15) is 0 Å². The summed E-state index contributed by atoms with van der Waals surface area (Å²) in [4.78, 5) is 0. The normalized spacial score (nSPS) is 16.6. The van der Waals surface area contributed by atoms with Gasteiger partial charge in [-0.1, -0.05) is 6.07 Å². The van der Waals surface area contributed by atoms with E-state index in [-0.39, 0.29) is 0 Å².